The van der Waals surface area contributed by atoms with Gasteiger partial charge in [0.15, 0.2) is 5.52 Å². The van der Waals surface area contributed by atoms with Gasteiger partial charge in [-0.15, -0.1) is 0 Å². The molecule has 2 heteroatoms. The van der Waals surface area contributed by atoms with E-state index in [1.165, 1.54) is 12.8 Å². The van der Waals surface area contributed by atoms with Crippen LogP contribution in [0.1, 0.15) is 32.6 Å². The molecule has 0 saturated heterocycles. The van der Waals surface area contributed by atoms with Crippen molar-refractivity contribution in [1.29, 1.82) is 0 Å². The van der Waals surface area contributed by atoms with Gasteiger partial charge in [0.2, 0.25) is 0 Å². The van der Waals surface area contributed by atoms with Crippen LogP contribution in [-0.2, 0) is 4.79 Å². The molecule has 1 rings (SSSR count). The van der Waals surface area contributed by atoms with Crippen LogP contribution in [0.15, 0.2) is 0 Å². The first-order valence-electron chi connectivity index (χ1n) is 3.99. The summed E-state index contributed by atoms with van der Waals surface area (Å²) in [7, 11) is 2.30. The summed E-state index contributed by atoms with van der Waals surface area (Å²) in [6.45, 7) is 2.27. The molecule has 0 amide bonds. The zero-order valence-corrected chi connectivity index (χ0v) is 7.62. The van der Waals surface area contributed by atoms with Crippen LogP contribution in [0.25, 0.3) is 0 Å². The fraction of sp³-hybridized carbons (Fsp3) is 0.875. The van der Waals surface area contributed by atoms with Crippen LogP contribution in [0.4, 0.5) is 0 Å². The van der Waals surface area contributed by atoms with Crippen LogP contribution in [0.2, 0.25) is 0 Å². The lowest BCUT2D eigenvalue weighted by molar-refractivity contribution is -0.115. The maximum atomic E-state index is 10.9. The van der Waals surface area contributed by atoms with Crippen LogP contribution < -0.4 is 0 Å². The van der Waals surface area contributed by atoms with Crippen molar-refractivity contribution in [3.63, 3.8) is 0 Å². The third-order valence-corrected chi connectivity index (χ3v) is 2.89. The molecule has 1 aliphatic rings. The molecule has 0 aromatic carbocycles. The molecule has 10 heavy (non-hydrogen) atoms. The van der Waals surface area contributed by atoms with Crippen LogP contribution >= 0.6 is 9.24 Å². The van der Waals surface area contributed by atoms with Crippen LogP contribution in [0.3, 0.4) is 0 Å². The predicted molar refractivity (Wildman–Crippen MR) is 45.8 cm³/mol. The van der Waals surface area contributed by atoms with Gasteiger partial charge in [0.1, 0.15) is 0 Å². The molecule has 0 N–H and O–H groups in total. The van der Waals surface area contributed by atoms with E-state index < -0.39 is 0 Å². The molecule has 0 aromatic heterocycles. The highest BCUT2D eigenvalue weighted by atomic mass is 31.0. The summed E-state index contributed by atoms with van der Waals surface area (Å²) in [6.07, 6.45) is 4.71. The highest BCUT2D eigenvalue weighted by Gasteiger charge is 2.20. The van der Waals surface area contributed by atoms with Crippen LogP contribution in [0, 0.1) is 11.8 Å². The SMILES string of the molecule is CC1CCC(C(=O)P)CC1. The maximum Gasteiger partial charge on any atom is 0.151 e. The van der Waals surface area contributed by atoms with Crippen molar-refractivity contribution in [1.82, 2.24) is 0 Å². The van der Waals surface area contributed by atoms with E-state index in [1.54, 1.807) is 0 Å². The molecule has 0 aliphatic heterocycles. The summed E-state index contributed by atoms with van der Waals surface area (Å²) in [6, 6.07) is 0. The molecule has 1 saturated carbocycles. The number of rotatable bonds is 1. The lowest BCUT2D eigenvalue weighted by Gasteiger charge is -2.23. The molecule has 1 fully saturated rings. The van der Waals surface area contributed by atoms with E-state index in [4.69, 9.17) is 0 Å². The molecule has 58 valence electrons. The Morgan fingerprint density at radius 1 is 1.30 bits per heavy atom. The Labute approximate surface area is 64.8 Å². The van der Waals surface area contributed by atoms with E-state index in [0.717, 1.165) is 18.8 Å². The average Bonchev–Trinajstić information content (AvgIpc) is 1.88. The van der Waals surface area contributed by atoms with Crippen molar-refractivity contribution in [3.05, 3.63) is 0 Å². The molecular weight excluding hydrogens is 143 g/mol. The second-order valence-corrected chi connectivity index (χ2v) is 3.93. The minimum atomic E-state index is 0.312. The zero-order valence-electron chi connectivity index (χ0n) is 6.47. The molecule has 0 bridgehead atoms. The third kappa shape index (κ3) is 2.05. The minimum Gasteiger partial charge on any atom is -0.295 e. The molecular formula is C8H15OP. The van der Waals surface area contributed by atoms with E-state index in [0.29, 0.717) is 11.4 Å². The Morgan fingerprint density at radius 2 is 1.80 bits per heavy atom. The van der Waals surface area contributed by atoms with Crippen molar-refractivity contribution in [3.8, 4) is 0 Å². The first-order chi connectivity index (χ1) is 4.70. The first-order valence-corrected chi connectivity index (χ1v) is 4.57. The summed E-state index contributed by atoms with van der Waals surface area (Å²) >= 11 is 0. The predicted octanol–water partition coefficient (Wildman–Crippen LogP) is 2.21. The van der Waals surface area contributed by atoms with Crippen molar-refractivity contribution in [2.24, 2.45) is 11.8 Å². The number of carbonyl (C=O) groups excluding carboxylic acids is 1. The van der Waals surface area contributed by atoms with Gasteiger partial charge in [0.25, 0.3) is 0 Å². The van der Waals surface area contributed by atoms with Crippen molar-refractivity contribution >= 4 is 14.8 Å². The lowest BCUT2D eigenvalue weighted by Crippen LogP contribution is -2.16. The Bertz CT molecular complexity index is 125. The molecule has 0 radical (unpaired) electrons. The van der Waals surface area contributed by atoms with Gasteiger partial charge in [-0.1, -0.05) is 29.0 Å². The smallest absolute Gasteiger partial charge is 0.151 e. The van der Waals surface area contributed by atoms with Gasteiger partial charge in [0.05, 0.1) is 0 Å². The standard InChI is InChI=1S/C8H15OP/c1-6-2-4-7(5-3-6)8(9)10/h6-7H,2-5,10H2,1H3. The number of hydrogen-bond acceptors (Lipinski definition) is 1. The van der Waals surface area contributed by atoms with E-state index in [-0.39, 0.29) is 0 Å². The van der Waals surface area contributed by atoms with Crippen molar-refractivity contribution in [2.75, 3.05) is 0 Å². The highest BCUT2D eigenvalue weighted by molar-refractivity contribution is 7.40. The summed E-state index contributed by atoms with van der Waals surface area (Å²) < 4.78 is 0. The fourth-order valence-corrected chi connectivity index (χ4v) is 1.88. The van der Waals surface area contributed by atoms with Crippen molar-refractivity contribution < 1.29 is 4.79 Å². The second kappa shape index (κ2) is 3.48. The Kier molecular flexibility index (Phi) is 2.85. The van der Waals surface area contributed by atoms with Crippen LogP contribution in [0.5, 0.6) is 0 Å². The number of hydrogen-bond donors (Lipinski definition) is 0. The molecule has 0 spiro atoms. The van der Waals surface area contributed by atoms with Gasteiger partial charge in [-0.05, 0) is 18.8 Å². The largest absolute Gasteiger partial charge is 0.295 e. The van der Waals surface area contributed by atoms with E-state index in [1.807, 2.05) is 0 Å². The van der Waals surface area contributed by atoms with E-state index >= 15 is 0 Å². The van der Waals surface area contributed by atoms with Crippen LogP contribution in [-0.4, -0.2) is 5.52 Å². The highest BCUT2D eigenvalue weighted by Crippen LogP contribution is 2.29. The average molecular weight is 158 g/mol. The van der Waals surface area contributed by atoms with Gasteiger partial charge >= 0.3 is 0 Å². The second-order valence-electron chi connectivity index (χ2n) is 3.36. The zero-order chi connectivity index (χ0) is 7.56. The fourth-order valence-electron chi connectivity index (χ4n) is 1.54. The molecule has 1 aliphatic carbocycles. The summed E-state index contributed by atoms with van der Waals surface area (Å²) in [4.78, 5) is 10.9. The molecule has 0 aromatic rings. The molecule has 1 nitrogen and oxygen atoms in total. The summed E-state index contributed by atoms with van der Waals surface area (Å²) in [5, 5.41) is 0. The van der Waals surface area contributed by atoms with Gasteiger partial charge in [-0.3, -0.25) is 4.79 Å². The minimum absolute atomic E-state index is 0.312. The maximum absolute atomic E-state index is 10.9. The summed E-state index contributed by atoms with van der Waals surface area (Å²) in [5.74, 6) is 1.21. The molecule has 0 heterocycles. The summed E-state index contributed by atoms with van der Waals surface area (Å²) in [5.41, 5.74) is 0.312. The third-order valence-electron chi connectivity index (χ3n) is 2.42. The van der Waals surface area contributed by atoms with E-state index in [9.17, 15) is 4.79 Å². The van der Waals surface area contributed by atoms with Gasteiger partial charge in [-0.25, -0.2) is 0 Å². The quantitative estimate of drug-likeness (QED) is 0.535. The van der Waals surface area contributed by atoms with Gasteiger partial charge in [0, 0.05) is 5.92 Å². The van der Waals surface area contributed by atoms with E-state index in [2.05, 4.69) is 16.2 Å². The Morgan fingerprint density at radius 3 is 2.20 bits per heavy atom. The number of carbonyl (C=O) groups is 1. The normalized spacial score (nSPS) is 33.8. The van der Waals surface area contributed by atoms with Gasteiger partial charge < -0.3 is 0 Å². The van der Waals surface area contributed by atoms with Crippen molar-refractivity contribution in [2.45, 2.75) is 32.6 Å². The Hall–Kier alpha value is 0.100. The molecule has 1 unspecified atom stereocenters. The molecule has 1 atom stereocenters. The lowest BCUT2D eigenvalue weighted by atomic mass is 9.84. The monoisotopic (exact) mass is 158 g/mol. The van der Waals surface area contributed by atoms with Gasteiger partial charge in [-0.2, -0.15) is 0 Å². The topological polar surface area (TPSA) is 17.1 Å². The Balaban J connectivity index is 2.33. The first kappa shape index (κ1) is 8.20.